The van der Waals surface area contributed by atoms with Crippen LogP contribution in [-0.2, 0) is 17.4 Å². The smallest absolute Gasteiger partial charge is 0.322 e. The number of amides is 2. The molecule has 0 spiro atoms. The summed E-state index contributed by atoms with van der Waals surface area (Å²) in [4.78, 5) is 26.5. The van der Waals surface area contributed by atoms with E-state index in [1.165, 1.54) is 12.1 Å². The number of alkyl halides is 3. The van der Waals surface area contributed by atoms with Crippen LogP contribution in [0.2, 0.25) is 0 Å². The van der Waals surface area contributed by atoms with Gasteiger partial charge in [0.05, 0.1) is 5.56 Å². The third-order valence-electron chi connectivity index (χ3n) is 4.67. The van der Waals surface area contributed by atoms with Crippen LogP contribution in [-0.4, -0.2) is 18.4 Å². The van der Waals surface area contributed by atoms with Crippen molar-refractivity contribution in [2.75, 3.05) is 16.8 Å². The third kappa shape index (κ3) is 4.18. The zero-order valence-corrected chi connectivity index (χ0v) is 15.6. The van der Waals surface area contributed by atoms with Crippen LogP contribution in [0.15, 0.2) is 42.5 Å². The van der Waals surface area contributed by atoms with Gasteiger partial charge in [-0.3, -0.25) is 9.59 Å². The fourth-order valence-electron chi connectivity index (χ4n) is 3.26. The Morgan fingerprint density at radius 2 is 1.86 bits per heavy atom. The molecule has 0 fully saturated rings. The second-order valence-electron chi connectivity index (χ2n) is 7.12. The van der Waals surface area contributed by atoms with Crippen molar-refractivity contribution >= 4 is 23.2 Å². The first-order chi connectivity index (χ1) is 13.2. The molecule has 148 valence electrons. The van der Waals surface area contributed by atoms with Crippen molar-refractivity contribution in [1.29, 1.82) is 0 Å². The number of benzene rings is 2. The number of carbonyl (C=O) groups excluding carboxylic acids is 2. The predicted octanol–water partition coefficient (Wildman–Crippen LogP) is 4.89. The summed E-state index contributed by atoms with van der Waals surface area (Å²) in [5.74, 6) is -0.690. The zero-order chi connectivity index (χ0) is 20.5. The van der Waals surface area contributed by atoms with E-state index in [9.17, 15) is 22.8 Å². The highest BCUT2D eigenvalue weighted by Crippen LogP contribution is 2.32. The molecule has 0 saturated carbocycles. The average molecular weight is 390 g/mol. The maximum absolute atomic E-state index is 12.8. The Hall–Kier alpha value is -2.83. The lowest BCUT2D eigenvalue weighted by Crippen LogP contribution is -2.38. The van der Waals surface area contributed by atoms with Crippen molar-refractivity contribution in [3.8, 4) is 0 Å². The summed E-state index contributed by atoms with van der Waals surface area (Å²) < 4.78 is 38.5. The van der Waals surface area contributed by atoms with Crippen molar-refractivity contribution < 1.29 is 22.8 Å². The number of carbonyl (C=O) groups is 2. The summed E-state index contributed by atoms with van der Waals surface area (Å²) in [7, 11) is 0. The average Bonchev–Trinajstić information content (AvgIpc) is 2.66. The van der Waals surface area contributed by atoms with Gasteiger partial charge in [-0.1, -0.05) is 19.9 Å². The molecule has 1 aliphatic rings. The van der Waals surface area contributed by atoms with E-state index in [0.29, 0.717) is 12.2 Å². The van der Waals surface area contributed by atoms with E-state index >= 15 is 0 Å². The quantitative estimate of drug-likeness (QED) is 0.811. The predicted molar refractivity (Wildman–Crippen MR) is 101 cm³/mol. The Morgan fingerprint density at radius 3 is 2.54 bits per heavy atom. The summed E-state index contributed by atoms with van der Waals surface area (Å²) in [6.07, 6.45) is -2.92. The van der Waals surface area contributed by atoms with E-state index in [4.69, 9.17) is 0 Å². The van der Waals surface area contributed by atoms with Gasteiger partial charge in [0.1, 0.15) is 0 Å². The number of aryl methyl sites for hydroxylation is 1. The van der Waals surface area contributed by atoms with Gasteiger partial charge in [0, 0.05) is 29.4 Å². The molecule has 2 aromatic carbocycles. The van der Waals surface area contributed by atoms with E-state index in [1.807, 2.05) is 13.8 Å². The summed E-state index contributed by atoms with van der Waals surface area (Å²) in [5.41, 5.74) is 1.31. The van der Waals surface area contributed by atoms with Crippen molar-refractivity contribution in [2.45, 2.75) is 32.9 Å². The van der Waals surface area contributed by atoms with E-state index in [-0.39, 0.29) is 17.4 Å². The molecule has 3 rings (SSSR count). The molecule has 7 heteroatoms. The lowest BCUT2D eigenvalue weighted by molar-refractivity contribution is -0.137. The molecule has 0 bridgehead atoms. The standard InChI is InChI=1S/C21H21F3N2O2/c1-13(2)20(28)26-10-4-6-14-12-17(8-9-18(14)26)25-19(27)15-5-3-7-16(11-15)21(22,23)24/h3,5,7-9,11-13H,4,6,10H2,1-2H3,(H,25,27). The number of nitrogens with zero attached hydrogens (tertiary/aromatic N) is 1. The minimum Gasteiger partial charge on any atom is -0.322 e. The topological polar surface area (TPSA) is 49.4 Å². The largest absolute Gasteiger partial charge is 0.416 e. The Bertz CT molecular complexity index is 907. The van der Waals surface area contributed by atoms with Gasteiger partial charge in [-0.2, -0.15) is 13.2 Å². The van der Waals surface area contributed by atoms with E-state index in [1.54, 1.807) is 23.1 Å². The van der Waals surface area contributed by atoms with Crippen LogP contribution in [0, 0.1) is 5.92 Å². The fraction of sp³-hybridized carbons (Fsp3) is 0.333. The number of fused-ring (bicyclic) bond motifs is 1. The molecule has 0 saturated heterocycles. The Kier molecular flexibility index (Phi) is 5.45. The Morgan fingerprint density at radius 1 is 1.11 bits per heavy atom. The van der Waals surface area contributed by atoms with Crippen molar-refractivity contribution in [3.63, 3.8) is 0 Å². The van der Waals surface area contributed by atoms with Gasteiger partial charge >= 0.3 is 6.18 Å². The summed E-state index contributed by atoms with van der Waals surface area (Å²) >= 11 is 0. The first-order valence-electron chi connectivity index (χ1n) is 9.09. The van der Waals surface area contributed by atoms with Gasteiger partial charge in [-0.25, -0.2) is 0 Å². The molecule has 28 heavy (non-hydrogen) atoms. The second-order valence-corrected chi connectivity index (χ2v) is 7.12. The normalized spacial score (nSPS) is 14.0. The van der Waals surface area contributed by atoms with Crippen molar-refractivity contribution in [1.82, 2.24) is 0 Å². The maximum atomic E-state index is 12.8. The number of rotatable bonds is 3. The number of nitrogens with one attached hydrogen (secondary N) is 1. The molecule has 0 unspecified atom stereocenters. The van der Waals surface area contributed by atoms with Gasteiger partial charge in [-0.15, -0.1) is 0 Å². The van der Waals surface area contributed by atoms with Crippen LogP contribution in [0.25, 0.3) is 0 Å². The first-order valence-corrected chi connectivity index (χ1v) is 9.09. The molecule has 0 aromatic heterocycles. The molecular formula is C21H21F3N2O2. The highest BCUT2D eigenvalue weighted by Gasteiger charge is 2.31. The van der Waals surface area contributed by atoms with Crippen LogP contribution in [0.1, 0.15) is 41.8 Å². The van der Waals surface area contributed by atoms with E-state index in [0.717, 1.165) is 36.2 Å². The molecule has 4 nitrogen and oxygen atoms in total. The SMILES string of the molecule is CC(C)C(=O)N1CCCc2cc(NC(=O)c3cccc(C(F)(F)F)c3)ccc21. The molecule has 2 aromatic rings. The molecular weight excluding hydrogens is 369 g/mol. The zero-order valence-electron chi connectivity index (χ0n) is 15.6. The lowest BCUT2D eigenvalue weighted by Gasteiger charge is -2.31. The van der Waals surface area contributed by atoms with Crippen LogP contribution in [0.3, 0.4) is 0 Å². The van der Waals surface area contributed by atoms with Gasteiger partial charge < -0.3 is 10.2 Å². The van der Waals surface area contributed by atoms with Gasteiger partial charge in [0.15, 0.2) is 0 Å². The molecule has 1 aliphatic heterocycles. The van der Waals surface area contributed by atoms with Crippen LogP contribution in [0.4, 0.5) is 24.5 Å². The van der Waals surface area contributed by atoms with Crippen molar-refractivity contribution in [3.05, 3.63) is 59.2 Å². The second kappa shape index (κ2) is 7.66. The van der Waals surface area contributed by atoms with Crippen LogP contribution < -0.4 is 10.2 Å². The minimum absolute atomic E-state index is 0.0432. The van der Waals surface area contributed by atoms with Crippen molar-refractivity contribution in [2.24, 2.45) is 5.92 Å². The summed E-state index contributed by atoms with van der Waals surface area (Å²) in [6.45, 7) is 4.35. The van der Waals surface area contributed by atoms with Crippen LogP contribution >= 0.6 is 0 Å². The monoisotopic (exact) mass is 390 g/mol. The number of halogens is 3. The summed E-state index contributed by atoms with van der Waals surface area (Å²) in [5, 5.41) is 2.64. The Balaban J connectivity index is 1.81. The highest BCUT2D eigenvalue weighted by atomic mass is 19.4. The molecule has 0 atom stereocenters. The molecule has 2 amide bonds. The first kappa shape index (κ1) is 19.9. The minimum atomic E-state index is -4.51. The summed E-state index contributed by atoms with van der Waals surface area (Å²) in [6, 6.07) is 9.52. The van der Waals surface area contributed by atoms with E-state index < -0.39 is 17.6 Å². The maximum Gasteiger partial charge on any atom is 0.416 e. The molecule has 1 heterocycles. The number of anilines is 2. The highest BCUT2D eigenvalue weighted by molar-refractivity contribution is 6.04. The van der Waals surface area contributed by atoms with Crippen LogP contribution in [0.5, 0.6) is 0 Å². The molecule has 0 radical (unpaired) electrons. The molecule has 1 N–H and O–H groups in total. The number of hydrogen-bond donors (Lipinski definition) is 1. The third-order valence-corrected chi connectivity index (χ3v) is 4.67. The van der Waals surface area contributed by atoms with E-state index in [2.05, 4.69) is 5.32 Å². The fourth-order valence-corrected chi connectivity index (χ4v) is 3.26. The number of hydrogen-bond acceptors (Lipinski definition) is 2. The van der Waals surface area contributed by atoms with Gasteiger partial charge in [0.25, 0.3) is 5.91 Å². The van der Waals surface area contributed by atoms with Gasteiger partial charge in [0.2, 0.25) is 5.91 Å². The lowest BCUT2D eigenvalue weighted by atomic mass is 9.99. The van der Waals surface area contributed by atoms with Gasteiger partial charge in [-0.05, 0) is 54.8 Å². The Labute approximate surface area is 161 Å². The molecule has 0 aliphatic carbocycles.